The first-order valence-electron chi connectivity index (χ1n) is 9.72. The van der Waals surface area contributed by atoms with Crippen molar-refractivity contribution in [1.82, 2.24) is 4.98 Å². The van der Waals surface area contributed by atoms with Gasteiger partial charge in [0.25, 0.3) is 0 Å². The largest absolute Gasteiger partial charge is 0.507 e. The predicted octanol–water partition coefficient (Wildman–Crippen LogP) is 3.38. The molecule has 1 aromatic rings. The highest BCUT2D eigenvalue weighted by atomic mass is 19.4. The number of aromatic nitrogens is 1. The number of carbonyl (C=O) groups excluding carboxylic acids is 1. The average molecular weight is 413 g/mol. The zero-order valence-electron chi connectivity index (χ0n) is 15.6. The Kier molecular flexibility index (Phi) is 5.39. The highest BCUT2D eigenvalue weighted by Crippen LogP contribution is 2.44. The minimum absolute atomic E-state index is 0.0419. The van der Waals surface area contributed by atoms with E-state index in [0.717, 1.165) is 18.6 Å². The minimum Gasteiger partial charge on any atom is -0.507 e. The van der Waals surface area contributed by atoms with Crippen LogP contribution in [0.1, 0.15) is 49.1 Å². The Hall–Kier alpha value is -1.97. The van der Waals surface area contributed by atoms with Crippen LogP contribution < -0.4 is 0 Å². The van der Waals surface area contributed by atoms with Crippen molar-refractivity contribution < 1.29 is 37.7 Å². The number of rotatable bonds is 4. The van der Waals surface area contributed by atoms with Crippen LogP contribution in [-0.4, -0.2) is 40.0 Å². The fraction of sp³-hybridized carbons (Fsp3) is 0.600. The molecule has 0 spiro atoms. The predicted molar refractivity (Wildman–Crippen MR) is 94.4 cm³/mol. The summed E-state index contributed by atoms with van der Waals surface area (Å²) in [7, 11) is 0. The first-order chi connectivity index (χ1) is 13.8. The van der Waals surface area contributed by atoms with Crippen LogP contribution in [0.3, 0.4) is 0 Å². The van der Waals surface area contributed by atoms with E-state index in [9.17, 15) is 28.2 Å². The molecule has 1 aliphatic heterocycles. The summed E-state index contributed by atoms with van der Waals surface area (Å²) < 4.78 is 50.2. The van der Waals surface area contributed by atoms with Crippen LogP contribution >= 0.6 is 0 Å². The van der Waals surface area contributed by atoms with Crippen LogP contribution in [0.15, 0.2) is 17.7 Å². The number of aliphatic hydroxyl groups excluding tert-OH is 2. The zero-order valence-corrected chi connectivity index (χ0v) is 15.6. The Labute approximate surface area is 165 Å². The number of carbonyl (C=O) groups is 1. The van der Waals surface area contributed by atoms with Crippen molar-refractivity contribution in [2.24, 2.45) is 11.8 Å². The second-order valence-corrected chi connectivity index (χ2v) is 7.78. The van der Waals surface area contributed by atoms with Crippen molar-refractivity contribution in [2.45, 2.75) is 57.3 Å². The fourth-order valence-electron chi connectivity index (χ4n) is 4.38. The highest BCUT2D eigenvalue weighted by Gasteiger charge is 2.45. The molecule has 29 heavy (non-hydrogen) atoms. The second-order valence-electron chi connectivity index (χ2n) is 7.78. The summed E-state index contributed by atoms with van der Waals surface area (Å²) >= 11 is 0. The molecule has 0 aromatic carbocycles. The average Bonchev–Trinajstić information content (AvgIpc) is 3.35. The molecule has 3 aliphatic rings. The van der Waals surface area contributed by atoms with Gasteiger partial charge in [0.05, 0.1) is 24.0 Å². The van der Waals surface area contributed by atoms with Gasteiger partial charge in [-0.1, -0.05) is 0 Å². The third-order valence-electron chi connectivity index (χ3n) is 5.92. The van der Waals surface area contributed by atoms with Crippen molar-refractivity contribution in [3.63, 3.8) is 0 Å². The molecule has 4 rings (SSSR count). The van der Waals surface area contributed by atoms with Crippen LogP contribution in [0.4, 0.5) is 13.2 Å². The first-order valence-corrected chi connectivity index (χ1v) is 9.72. The van der Waals surface area contributed by atoms with Crippen molar-refractivity contribution in [2.75, 3.05) is 6.61 Å². The number of hydrogen-bond donors (Lipinski definition) is 2. The normalized spacial score (nSPS) is 31.4. The summed E-state index contributed by atoms with van der Waals surface area (Å²) in [5, 5.41) is 21.4. The van der Waals surface area contributed by atoms with E-state index in [2.05, 4.69) is 4.98 Å². The smallest absolute Gasteiger partial charge is 0.433 e. The third-order valence-corrected chi connectivity index (χ3v) is 5.92. The maximum Gasteiger partial charge on any atom is 0.433 e. The first kappa shape index (κ1) is 20.3. The van der Waals surface area contributed by atoms with Crippen molar-refractivity contribution in [3.8, 4) is 0 Å². The van der Waals surface area contributed by atoms with Crippen LogP contribution in [0.25, 0.3) is 5.76 Å². The molecule has 2 aliphatic carbocycles. The lowest BCUT2D eigenvalue weighted by atomic mass is 9.80. The van der Waals surface area contributed by atoms with Crippen molar-refractivity contribution >= 4 is 11.5 Å². The molecule has 2 heterocycles. The molecule has 3 fully saturated rings. The molecule has 4 unspecified atom stereocenters. The number of pyridine rings is 1. The van der Waals surface area contributed by atoms with Gasteiger partial charge >= 0.3 is 6.18 Å². The Morgan fingerprint density at radius 2 is 2.07 bits per heavy atom. The van der Waals surface area contributed by atoms with Gasteiger partial charge in [-0.05, 0) is 43.7 Å². The molecule has 9 heteroatoms. The molecule has 0 amide bonds. The number of Topliss-reactive ketones (excluding diaryl/α,β-unsaturated/α-hetero) is 1. The van der Waals surface area contributed by atoms with Gasteiger partial charge < -0.3 is 19.7 Å². The van der Waals surface area contributed by atoms with E-state index in [1.54, 1.807) is 0 Å². The maximum absolute atomic E-state index is 13.1. The summed E-state index contributed by atoms with van der Waals surface area (Å²) in [6.07, 6.45) is -3.08. The minimum atomic E-state index is -4.67. The van der Waals surface area contributed by atoms with Crippen LogP contribution in [0.5, 0.6) is 0 Å². The number of halogens is 3. The summed E-state index contributed by atoms with van der Waals surface area (Å²) in [4.78, 5) is 16.3. The van der Waals surface area contributed by atoms with Crippen LogP contribution in [-0.2, 0) is 27.1 Å². The Morgan fingerprint density at radius 1 is 1.28 bits per heavy atom. The fourth-order valence-corrected chi connectivity index (χ4v) is 4.38. The van der Waals surface area contributed by atoms with E-state index >= 15 is 0 Å². The quantitative estimate of drug-likeness (QED) is 0.581. The Bertz CT molecular complexity index is 832. The molecule has 2 saturated carbocycles. The van der Waals surface area contributed by atoms with Crippen molar-refractivity contribution in [3.05, 3.63) is 34.7 Å². The summed E-state index contributed by atoms with van der Waals surface area (Å²) in [6, 6.07) is 1.82. The lowest BCUT2D eigenvalue weighted by molar-refractivity contribution is -0.142. The van der Waals surface area contributed by atoms with Crippen LogP contribution in [0, 0.1) is 11.8 Å². The molecular formula is C20H22F3NO5. The van der Waals surface area contributed by atoms with E-state index in [-0.39, 0.29) is 41.1 Å². The molecular weight excluding hydrogens is 391 g/mol. The monoisotopic (exact) mass is 413 g/mol. The molecule has 158 valence electrons. The SMILES string of the molecule is O=C1/C(=C(\O)c2ccc(C(F)(F)F)nc2COC2CCCO2)C(O)C2CCC1C2. The number of hydrogen-bond acceptors (Lipinski definition) is 6. The van der Waals surface area contributed by atoms with Crippen molar-refractivity contribution in [1.29, 1.82) is 0 Å². The van der Waals surface area contributed by atoms with Gasteiger partial charge in [-0.25, -0.2) is 4.98 Å². The molecule has 1 aromatic heterocycles. The van der Waals surface area contributed by atoms with Gasteiger partial charge in [0.2, 0.25) is 0 Å². The lowest BCUT2D eigenvalue weighted by Crippen LogP contribution is -2.34. The number of alkyl halides is 3. The number of aliphatic hydroxyl groups is 2. The van der Waals surface area contributed by atoms with E-state index in [1.807, 2.05) is 0 Å². The van der Waals surface area contributed by atoms with E-state index in [0.29, 0.717) is 32.3 Å². The van der Waals surface area contributed by atoms with Gasteiger partial charge in [0.1, 0.15) is 11.5 Å². The Balaban J connectivity index is 1.72. The highest BCUT2D eigenvalue weighted by molar-refractivity contribution is 6.05. The van der Waals surface area contributed by atoms with Gasteiger partial charge in [0, 0.05) is 24.5 Å². The number of ether oxygens (including phenoxy) is 2. The zero-order chi connectivity index (χ0) is 20.8. The number of ketones is 1. The van der Waals surface area contributed by atoms with E-state index < -0.39 is 30.0 Å². The summed E-state index contributed by atoms with van der Waals surface area (Å²) in [5.41, 5.74) is -1.46. The number of fused-ring (bicyclic) bond motifs is 2. The lowest BCUT2D eigenvalue weighted by Gasteiger charge is -2.27. The number of nitrogens with zero attached hydrogens (tertiary/aromatic N) is 1. The van der Waals surface area contributed by atoms with Gasteiger partial charge in [-0.15, -0.1) is 0 Å². The van der Waals surface area contributed by atoms with Crippen LogP contribution in [0.2, 0.25) is 0 Å². The van der Waals surface area contributed by atoms with Gasteiger partial charge in [-0.2, -0.15) is 13.2 Å². The summed E-state index contributed by atoms with van der Waals surface area (Å²) in [5.74, 6) is -1.28. The molecule has 6 nitrogen and oxygen atoms in total. The molecule has 2 N–H and O–H groups in total. The summed E-state index contributed by atoms with van der Waals surface area (Å²) in [6.45, 7) is 0.185. The molecule has 0 radical (unpaired) electrons. The van der Waals surface area contributed by atoms with Gasteiger partial charge in [0.15, 0.2) is 12.1 Å². The maximum atomic E-state index is 13.1. The standard InChI is InChI=1S/C20H22F3NO5/c21-20(22,23)14-6-5-12(13(24-14)9-29-15-2-1-7-28-15)19(27)16-17(25)10-3-4-11(8-10)18(16)26/h5-6,10-11,15,17,25,27H,1-4,7-9H2/b19-16-. The van der Waals surface area contributed by atoms with E-state index in [1.165, 1.54) is 0 Å². The molecule has 2 bridgehead atoms. The van der Waals surface area contributed by atoms with Gasteiger partial charge in [-0.3, -0.25) is 4.79 Å². The molecule has 4 atom stereocenters. The Morgan fingerprint density at radius 3 is 2.76 bits per heavy atom. The second kappa shape index (κ2) is 7.70. The third kappa shape index (κ3) is 3.91. The molecule has 1 saturated heterocycles. The topological polar surface area (TPSA) is 88.9 Å². The van der Waals surface area contributed by atoms with E-state index in [4.69, 9.17) is 9.47 Å².